The molecule has 0 saturated carbocycles. The van der Waals surface area contributed by atoms with E-state index in [4.69, 9.17) is 18.0 Å². The van der Waals surface area contributed by atoms with Gasteiger partial charge in [0, 0.05) is 18.2 Å². The maximum absolute atomic E-state index is 14.3. The normalized spacial score (nSPS) is 19.5. The molecule has 1 aromatic carbocycles. The second-order valence-corrected chi connectivity index (χ2v) is 5.60. The van der Waals surface area contributed by atoms with E-state index in [9.17, 15) is 4.39 Å². The molecule has 1 unspecified atom stereocenters. The van der Waals surface area contributed by atoms with Crippen molar-refractivity contribution in [3.05, 3.63) is 29.6 Å². The third-order valence-corrected chi connectivity index (χ3v) is 4.03. The van der Waals surface area contributed by atoms with Gasteiger partial charge in [0.1, 0.15) is 10.8 Å². The Labute approximate surface area is 119 Å². The lowest BCUT2D eigenvalue weighted by atomic mass is 9.97. The lowest BCUT2D eigenvalue weighted by Crippen LogP contribution is -2.40. The lowest BCUT2D eigenvalue weighted by Gasteiger charge is -2.37. The van der Waals surface area contributed by atoms with Gasteiger partial charge in [-0.3, -0.25) is 0 Å². The van der Waals surface area contributed by atoms with E-state index in [0.29, 0.717) is 17.3 Å². The van der Waals surface area contributed by atoms with Crippen molar-refractivity contribution in [2.75, 3.05) is 11.4 Å². The van der Waals surface area contributed by atoms with E-state index in [2.05, 4.69) is 11.8 Å². The van der Waals surface area contributed by atoms with E-state index < -0.39 is 0 Å². The molecule has 2 nitrogen and oxygen atoms in total. The molecule has 1 aliphatic heterocycles. The Hall–Kier alpha value is -1.16. The summed E-state index contributed by atoms with van der Waals surface area (Å²) in [6.45, 7) is 3.12. The molecule has 1 saturated heterocycles. The molecule has 1 aromatic rings. The summed E-state index contributed by atoms with van der Waals surface area (Å²) in [5.74, 6) is -0.215. The number of rotatable bonds is 4. The molecule has 1 fully saturated rings. The summed E-state index contributed by atoms with van der Waals surface area (Å²) >= 11 is 4.88. The number of halogens is 1. The van der Waals surface area contributed by atoms with Crippen molar-refractivity contribution in [3.8, 4) is 0 Å². The van der Waals surface area contributed by atoms with Crippen LogP contribution in [0.1, 0.15) is 44.6 Å². The molecule has 2 N–H and O–H groups in total. The highest BCUT2D eigenvalue weighted by Crippen LogP contribution is 2.29. The number of piperidine rings is 1. The Bertz CT molecular complexity index is 459. The van der Waals surface area contributed by atoms with Crippen molar-refractivity contribution in [1.29, 1.82) is 0 Å². The number of anilines is 1. The van der Waals surface area contributed by atoms with E-state index in [-0.39, 0.29) is 10.8 Å². The maximum atomic E-state index is 14.3. The van der Waals surface area contributed by atoms with Gasteiger partial charge >= 0.3 is 0 Å². The molecular weight excluding hydrogens is 259 g/mol. The van der Waals surface area contributed by atoms with Gasteiger partial charge in [-0.15, -0.1) is 0 Å². The summed E-state index contributed by atoms with van der Waals surface area (Å²) in [4.78, 5) is 2.46. The Morgan fingerprint density at radius 2 is 2.26 bits per heavy atom. The quantitative estimate of drug-likeness (QED) is 0.854. The fraction of sp³-hybridized carbons (Fsp3) is 0.533. The number of hydrogen-bond donors (Lipinski definition) is 1. The molecule has 0 aromatic heterocycles. The smallest absolute Gasteiger partial charge is 0.147 e. The summed E-state index contributed by atoms with van der Waals surface area (Å²) in [6.07, 6.45) is 5.79. The first-order valence-corrected chi connectivity index (χ1v) is 7.40. The summed E-state index contributed by atoms with van der Waals surface area (Å²) in [5, 5.41) is 0. The van der Waals surface area contributed by atoms with E-state index in [1.807, 2.05) is 12.1 Å². The molecule has 1 atom stereocenters. The van der Waals surface area contributed by atoms with Gasteiger partial charge in [0.15, 0.2) is 0 Å². The Balaban J connectivity index is 2.26. The minimum Gasteiger partial charge on any atom is -0.389 e. The molecule has 104 valence electrons. The largest absolute Gasteiger partial charge is 0.389 e. The Morgan fingerprint density at radius 1 is 1.47 bits per heavy atom. The summed E-state index contributed by atoms with van der Waals surface area (Å²) in [7, 11) is 0. The summed E-state index contributed by atoms with van der Waals surface area (Å²) < 4.78 is 14.3. The van der Waals surface area contributed by atoms with Gasteiger partial charge in [0.25, 0.3) is 0 Å². The average molecular weight is 280 g/mol. The van der Waals surface area contributed by atoms with Gasteiger partial charge in [-0.1, -0.05) is 25.6 Å². The zero-order chi connectivity index (χ0) is 13.8. The van der Waals surface area contributed by atoms with Gasteiger partial charge in [-0.05, 0) is 43.9 Å². The van der Waals surface area contributed by atoms with Crippen molar-refractivity contribution < 1.29 is 4.39 Å². The third-order valence-electron chi connectivity index (χ3n) is 3.79. The summed E-state index contributed by atoms with van der Waals surface area (Å²) in [5.41, 5.74) is 6.83. The maximum Gasteiger partial charge on any atom is 0.147 e. The predicted octanol–water partition coefficient (Wildman–Crippen LogP) is 3.62. The lowest BCUT2D eigenvalue weighted by molar-refractivity contribution is 0.429. The average Bonchev–Trinajstić information content (AvgIpc) is 2.40. The van der Waals surface area contributed by atoms with Crippen LogP contribution in [-0.2, 0) is 0 Å². The van der Waals surface area contributed by atoms with Crippen LogP contribution in [0.25, 0.3) is 0 Å². The SMILES string of the molecule is CCCC1CCCCN1c1ccc(C(N)=S)cc1F. The first-order chi connectivity index (χ1) is 9.13. The molecular formula is C15H21FN2S. The van der Waals surface area contributed by atoms with Crippen LogP contribution in [0.2, 0.25) is 0 Å². The van der Waals surface area contributed by atoms with Gasteiger partial charge < -0.3 is 10.6 Å². The molecule has 0 amide bonds. The van der Waals surface area contributed by atoms with Gasteiger partial charge in [-0.25, -0.2) is 4.39 Å². The molecule has 0 radical (unpaired) electrons. The van der Waals surface area contributed by atoms with Crippen LogP contribution in [0.3, 0.4) is 0 Å². The van der Waals surface area contributed by atoms with Crippen LogP contribution in [0.5, 0.6) is 0 Å². The molecule has 4 heteroatoms. The number of hydrogen-bond acceptors (Lipinski definition) is 2. The highest BCUT2D eigenvalue weighted by molar-refractivity contribution is 7.80. The Morgan fingerprint density at radius 3 is 2.89 bits per heavy atom. The standard InChI is InChI=1S/C15H21FN2S/c1-2-5-12-6-3-4-9-18(12)14-8-7-11(15(17)19)10-13(14)16/h7-8,10,12H,2-6,9H2,1H3,(H2,17,19). The monoisotopic (exact) mass is 280 g/mol. The third kappa shape index (κ3) is 3.24. The fourth-order valence-electron chi connectivity index (χ4n) is 2.84. The second-order valence-electron chi connectivity index (χ2n) is 5.16. The minimum absolute atomic E-state index is 0.215. The number of nitrogens with zero attached hydrogens (tertiary/aromatic N) is 1. The first-order valence-electron chi connectivity index (χ1n) is 6.99. The van der Waals surface area contributed by atoms with Crippen LogP contribution < -0.4 is 10.6 Å². The molecule has 19 heavy (non-hydrogen) atoms. The molecule has 0 bridgehead atoms. The van der Waals surface area contributed by atoms with Crippen LogP contribution in [0.15, 0.2) is 18.2 Å². The predicted molar refractivity (Wildman–Crippen MR) is 82.2 cm³/mol. The van der Waals surface area contributed by atoms with Crippen molar-refractivity contribution in [1.82, 2.24) is 0 Å². The van der Waals surface area contributed by atoms with Crippen LogP contribution in [-0.4, -0.2) is 17.6 Å². The highest BCUT2D eigenvalue weighted by atomic mass is 32.1. The molecule has 0 spiro atoms. The topological polar surface area (TPSA) is 29.3 Å². The van der Waals surface area contributed by atoms with Crippen LogP contribution in [0, 0.1) is 5.82 Å². The number of thiocarbonyl (C=S) groups is 1. The second kappa shape index (κ2) is 6.33. The van der Waals surface area contributed by atoms with Crippen LogP contribution >= 0.6 is 12.2 Å². The fourth-order valence-corrected chi connectivity index (χ4v) is 2.97. The zero-order valence-electron chi connectivity index (χ0n) is 11.4. The van der Waals surface area contributed by atoms with E-state index in [1.165, 1.54) is 12.5 Å². The molecule has 1 aliphatic rings. The summed E-state index contributed by atoms with van der Waals surface area (Å²) in [6, 6.07) is 5.55. The van der Waals surface area contributed by atoms with Crippen molar-refractivity contribution >= 4 is 22.9 Å². The van der Waals surface area contributed by atoms with Crippen molar-refractivity contribution in [3.63, 3.8) is 0 Å². The van der Waals surface area contributed by atoms with E-state index in [1.54, 1.807) is 0 Å². The molecule has 0 aliphatic carbocycles. The molecule has 1 heterocycles. The number of nitrogens with two attached hydrogens (primary N) is 1. The van der Waals surface area contributed by atoms with Crippen molar-refractivity contribution in [2.45, 2.75) is 45.1 Å². The van der Waals surface area contributed by atoms with Crippen LogP contribution in [0.4, 0.5) is 10.1 Å². The molecule has 2 rings (SSSR count). The Kier molecular flexibility index (Phi) is 4.75. The van der Waals surface area contributed by atoms with Gasteiger partial charge in [0.05, 0.1) is 5.69 Å². The minimum atomic E-state index is -0.215. The van der Waals surface area contributed by atoms with E-state index >= 15 is 0 Å². The van der Waals surface area contributed by atoms with E-state index in [0.717, 1.165) is 32.2 Å². The number of benzene rings is 1. The van der Waals surface area contributed by atoms with Gasteiger partial charge in [0.2, 0.25) is 0 Å². The van der Waals surface area contributed by atoms with Gasteiger partial charge in [-0.2, -0.15) is 0 Å². The highest BCUT2D eigenvalue weighted by Gasteiger charge is 2.24. The first kappa shape index (κ1) is 14.3. The van der Waals surface area contributed by atoms with Crippen molar-refractivity contribution in [2.24, 2.45) is 5.73 Å². The zero-order valence-corrected chi connectivity index (χ0v) is 12.2.